The molecule has 1 aromatic rings. The van der Waals surface area contributed by atoms with Crippen molar-refractivity contribution < 1.29 is 21.6 Å². The zero-order valence-electron chi connectivity index (χ0n) is 15.3. The van der Waals surface area contributed by atoms with Crippen molar-refractivity contribution in [2.24, 2.45) is 5.92 Å². The molecule has 0 spiro atoms. The first-order chi connectivity index (χ1) is 12.0. The predicted molar refractivity (Wildman–Crippen MR) is 99.9 cm³/mol. The highest BCUT2D eigenvalue weighted by atomic mass is 32.2. The number of piperidine rings is 1. The maximum atomic E-state index is 12.5. The van der Waals surface area contributed by atoms with E-state index in [4.69, 9.17) is 0 Å². The van der Waals surface area contributed by atoms with Gasteiger partial charge in [0, 0.05) is 25.3 Å². The van der Waals surface area contributed by atoms with Gasteiger partial charge in [0.1, 0.15) is 0 Å². The summed E-state index contributed by atoms with van der Waals surface area (Å²) in [5.41, 5.74) is 0.816. The van der Waals surface area contributed by atoms with Crippen molar-refractivity contribution in [1.29, 1.82) is 0 Å². The molecule has 9 heteroatoms. The van der Waals surface area contributed by atoms with Gasteiger partial charge in [0.25, 0.3) is 0 Å². The van der Waals surface area contributed by atoms with Crippen LogP contribution in [0.2, 0.25) is 0 Å². The van der Waals surface area contributed by atoms with Gasteiger partial charge in [-0.1, -0.05) is 12.1 Å². The number of hydrogen-bond donors (Lipinski definition) is 1. The Morgan fingerprint density at radius 3 is 2.15 bits per heavy atom. The standard InChI is InChI=1S/C17H26N2O5S2/c1-4-26(23,24)19-11-9-15(10-12-19)17(20)18-13(2)14-5-7-16(8-6-14)25(3,21)22/h5-8,13,15H,4,9-12H2,1-3H3,(H,18,20)/t13-/m1/s1. The molecule has 1 amide bonds. The van der Waals surface area contributed by atoms with Gasteiger partial charge in [0.05, 0.1) is 16.7 Å². The molecule has 26 heavy (non-hydrogen) atoms. The SMILES string of the molecule is CCS(=O)(=O)N1CCC(C(=O)N[C@H](C)c2ccc(S(C)(=O)=O)cc2)CC1. The molecular formula is C17H26N2O5S2. The Morgan fingerprint density at radius 1 is 1.15 bits per heavy atom. The third-order valence-electron chi connectivity index (χ3n) is 4.75. The quantitative estimate of drug-likeness (QED) is 0.774. The van der Waals surface area contributed by atoms with Crippen LogP contribution in [0, 0.1) is 5.92 Å². The molecule has 0 saturated carbocycles. The summed E-state index contributed by atoms with van der Waals surface area (Å²) in [5, 5.41) is 2.94. The van der Waals surface area contributed by atoms with Crippen LogP contribution in [-0.4, -0.2) is 52.1 Å². The third kappa shape index (κ3) is 5.05. The smallest absolute Gasteiger partial charge is 0.223 e. The van der Waals surface area contributed by atoms with Crippen LogP contribution >= 0.6 is 0 Å². The molecule has 7 nitrogen and oxygen atoms in total. The number of carbonyl (C=O) groups is 1. The zero-order valence-corrected chi connectivity index (χ0v) is 16.9. The summed E-state index contributed by atoms with van der Waals surface area (Å²) in [6.45, 7) is 4.19. The summed E-state index contributed by atoms with van der Waals surface area (Å²) in [4.78, 5) is 12.7. The summed E-state index contributed by atoms with van der Waals surface area (Å²) in [6, 6.07) is 6.19. The van der Waals surface area contributed by atoms with Gasteiger partial charge in [-0.2, -0.15) is 0 Å². The normalized spacial score (nSPS) is 18.4. The fourth-order valence-corrected chi connectivity index (χ4v) is 4.76. The van der Waals surface area contributed by atoms with Crippen LogP contribution in [0.5, 0.6) is 0 Å². The number of nitrogens with zero attached hydrogens (tertiary/aromatic N) is 1. The van der Waals surface area contributed by atoms with E-state index in [0.717, 1.165) is 11.8 Å². The van der Waals surface area contributed by atoms with Crippen LogP contribution in [0.3, 0.4) is 0 Å². The lowest BCUT2D eigenvalue weighted by molar-refractivity contribution is -0.126. The second kappa shape index (κ2) is 8.06. The molecule has 0 radical (unpaired) electrons. The molecule has 1 aliphatic heterocycles. The Kier molecular flexibility index (Phi) is 6.46. The van der Waals surface area contributed by atoms with Crippen LogP contribution in [0.15, 0.2) is 29.2 Å². The Balaban J connectivity index is 1.94. The molecule has 0 bridgehead atoms. The maximum absolute atomic E-state index is 12.5. The lowest BCUT2D eigenvalue weighted by Crippen LogP contribution is -2.43. The molecule has 1 N–H and O–H groups in total. The fraction of sp³-hybridized carbons (Fsp3) is 0.588. The van der Waals surface area contributed by atoms with Gasteiger partial charge in [0.2, 0.25) is 15.9 Å². The van der Waals surface area contributed by atoms with Gasteiger partial charge in [-0.3, -0.25) is 4.79 Å². The molecule has 1 heterocycles. The minimum atomic E-state index is -3.25. The number of rotatable bonds is 6. The Bertz CT molecular complexity index is 840. The summed E-state index contributed by atoms with van der Waals surface area (Å²) in [6.07, 6.45) is 2.16. The third-order valence-corrected chi connectivity index (χ3v) is 7.76. The van der Waals surface area contributed by atoms with Crippen molar-refractivity contribution in [2.75, 3.05) is 25.1 Å². The molecule has 146 valence electrons. The van der Waals surface area contributed by atoms with E-state index in [-0.39, 0.29) is 28.5 Å². The number of nitrogens with one attached hydrogen (secondary N) is 1. The van der Waals surface area contributed by atoms with Crippen molar-refractivity contribution in [3.8, 4) is 0 Å². The molecule has 0 aromatic heterocycles. The largest absolute Gasteiger partial charge is 0.349 e. The molecular weight excluding hydrogens is 376 g/mol. The summed E-state index contributed by atoms with van der Waals surface area (Å²) in [7, 11) is -6.45. The highest BCUT2D eigenvalue weighted by molar-refractivity contribution is 7.90. The van der Waals surface area contributed by atoms with E-state index in [0.29, 0.717) is 25.9 Å². The minimum Gasteiger partial charge on any atom is -0.349 e. The zero-order chi connectivity index (χ0) is 19.5. The Morgan fingerprint density at radius 2 is 1.69 bits per heavy atom. The van der Waals surface area contributed by atoms with Crippen LogP contribution in [0.1, 0.15) is 38.3 Å². The lowest BCUT2D eigenvalue weighted by atomic mass is 9.96. The number of benzene rings is 1. The summed E-state index contributed by atoms with van der Waals surface area (Å²) >= 11 is 0. The molecule has 1 fully saturated rings. The molecule has 1 atom stereocenters. The van der Waals surface area contributed by atoms with Gasteiger partial charge in [-0.25, -0.2) is 21.1 Å². The fourth-order valence-electron chi connectivity index (χ4n) is 3.00. The van der Waals surface area contributed by atoms with Gasteiger partial charge >= 0.3 is 0 Å². The molecule has 1 aromatic carbocycles. The van der Waals surface area contributed by atoms with Crippen molar-refractivity contribution in [2.45, 2.75) is 37.6 Å². The van der Waals surface area contributed by atoms with Gasteiger partial charge in [0.15, 0.2) is 9.84 Å². The number of hydrogen-bond acceptors (Lipinski definition) is 5. The monoisotopic (exact) mass is 402 g/mol. The first kappa shape index (κ1) is 20.9. The second-order valence-corrected chi connectivity index (χ2v) is 10.9. The topological polar surface area (TPSA) is 101 Å². The lowest BCUT2D eigenvalue weighted by Gasteiger charge is -2.31. The second-order valence-electron chi connectivity index (χ2n) is 6.65. The van der Waals surface area contributed by atoms with Gasteiger partial charge in [-0.05, 0) is 44.4 Å². The van der Waals surface area contributed by atoms with Gasteiger partial charge < -0.3 is 5.32 Å². The van der Waals surface area contributed by atoms with E-state index in [2.05, 4.69) is 5.32 Å². The molecule has 1 saturated heterocycles. The molecule has 0 unspecified atom stereocenters. The summed E-state index contributed by atoms with van der Waals surface area (Å²) < 4.78 is 48.2. The average molecular weight is 403 g/mol. The predicted octanol–water partition coefficient (Wildman–Crippen LogP) is 1.33. The van der Waals surface area contributed by atoms with E-state index in [1.807, 2.05) is 6.92 Å². The maximum Gasteiger partial charge on any atom is 0.223 e. The van der Waals surface area contributed by atoms with E-state index < -0.39 is 19.9 Å². The molecule has 0 aliphatic carbocycles. The number of sulfonamides is 1. The molecule has 2 rings (SSSR count). The minimum absolute atomic E-state index is 0.0738. The van der Waals surface area contributed by atoms with E-state index in [1.165, 1.54) is 16.4 Å². The summed E-state index contributed by atoms with van der Waals surface area (Å²) in [5.74, 6) is -0.237. The average Bonchev–Trinajstić information content (AvgIpc) is 2.61. The van der Waals surface area contributed by atoms with Crippen LogP contribution < -0.4 is 5.32 Å². The highest BCUT2D eigenvalue weighted by Crippen LogP contribution is 2.22. The highest BCUT2D eigenvalue weighted by Gasteiger charge is 2.30. The van der Waals surface area contributed by atoms with Crippen molar-refractivity contribution in [3.63, 3.8) is 0 Å². The van der Waals surface area contributed by atoms with E-state index >= 15 is 0 Å². The first-order valence-corrected chi connectivity index (χ1v) is 12.1. The number of sulfone groups is 1. The number of carbonyl (C=O) groups excluding carboxylic acids is 1. The van der Waals surface area contributed by atoms with Crippen LogP contribution in [-0.2, 0) is 24.7 Å². The Labute approximate surface area is 155 Å². The van der Waals surface area contributed by atoms with Crippen molar-refractivity contribution in [1.82, 2.24) is 9.62 Å². The van der Waals surface area contributed by atoms with Crippen molar-refractivity contribution >= 4 is 25.8 Å². The van der Waals surface area contributed by atoms with Gasteiger partial charge in [-0.15, -0.1) is 0 Å². The van der Waals surface area contributed by atoms with E-state index in [1.54, 1.807) is 19.1 Å². The first-order valence-electron chi connectivity index (χ1n) is 8.63. The van der Waals surface area contributed by atoms with Crippen LogP contribution in [0.4, 0.5) is 0 Å². The molecule has 1 aliphatic rings. The van der Waals surface area contributed by atoms with Crippen molar-refractivity contribution in [3.05, 3.63) is 29.8 Å². The van der Waals surface area contributed by atoms with Crippen LogP contribution in [0.25, 0.3) is 0 Å². The number of amides is 1. The Hall–Kier alpha value is -1.45. The van der Waals surface area contributed by atoms with E-state index in [9.17, 15) is 21.6 Å².